The molecule has 6 nitrogen and oxygen atoms in total. The zero-order valence-electron chi connectivity index (χ0n) is 19.1. The molecule has 0 atom stereocenters. The molecular formula is C27H24ClN5O. The molecule has 0 spiro atoms. The molecule has 7 heteroatoms. The van der Waals surface area contributed by atoms with Crippen molar-refractivity contribution in [3.8, 4) is 23.0 Å². The second kappa shape index (κ2) is 10.3. The van der Waals surface area contributed by atoms with Crippen molar-refractivity contribution in [3.05, 3.63) is 100 Å². The standard InChI is InChI=1S/C27H24ClN5O/c1-19-6-7-22(15-20(19)2)25-16-26(33(31-25)24-10-8-23(28)9-11-24)27(34)32(14-4-12-29)18-21-5-3-13-30-17-21/h3,5-11,13,15-17H,4,14,18H2,1-2H3. The van der Waals surface area contributed by atoms with Crippen LogP contribution in [0.5, 0.6) is 0 Å². The lowest BCUT2D eigenvalue weighted by atomic mass is 10.0. The van der Waals surface area contributed by atoms with Gasteiger partial charge in [0.15, 0.2) is 0 Å². The third-order valence-electron chi connectivity index (χ3n) is 5.68. The molecule has 2 aromatic carbocycles. The van der Waals surface area contributed by atoms with E-state index in [0.29, 0.717) is 29.5 Å². The first-order chi connectivity index (χ1) is 16.5. The number of nitriles is 1. The molecule has 2 aromatic heterocycles. The molecule has 0 aliphatic carbocycles. The van der Waals surface area contributed by atoms with E-state index in [9.17, 15) is 4.79 Å². The Kier molecular flexibility index (Phi) is 7.05. The molecule has 34 heavy (non-hydrogen) atoms. The Hall–Kier alpha value is -3.95. The van der Waals surface area contributed by atoms with Crippen molar-refractivity contribution >= 4 is 17.5 Å². The Balaban J connectivity index is 1.79. The lowest BCUT2D eigenvalue weighted by Crippen LogP contribution is -2.33. The number of hydrogen-bond acceptors (Lipinski definition) is 4. The fraction of sp³-hybridized carbons (Fsp3) is 0.185. The van der Waals surface area contributed by atoms with Crippen molar-refractivity contribution < 1.29 is 4.79 Å². The van der Waals surface area contributed by atoms with Gasteiger partial charge in [-0.1, -0.05) is 29.8 Å². The van der Waals surface area contributed by atoms with Crippen LogP contribution in [0.1, 0.15) is 33.6 Å². The van der Waals surface area contributed by atoms with Crippen LogP contribution in [0.15, 0.2) is 73.1 Å². The lowest BCUT2D eigenvalue weighted by molar-refractivity contribution is 0.0737. The van der Waals surface area contributed by atoms with Crippen LogP contribution >= 0.6 is 11.6 Å². The summed E-state index contributed by atoms with van der Waals surface area (Å²) in [7, 11) is 0. The summed E-state index contributed by atoms with van der Waals surface area (Å²) in [6.45, 7) is 4.76. The number of benzene rings is 2. The molecule has 0 aliphatic rings. The minimum atomic E-state index is -0.211. The van der Waals surface area contributed by atoms with E-state index in [1.54, 1.807) is 34.1 Å². The molecular weight excluding hydrogens is 446 g/mol. The van der Waals surface area contributed by atoms with Gasteiger partial charge in [0.05, 0.1) is 23.9 Å². The van der Waals surface area contributed by atoms with Gasteiger partial charge in [0, 0.05) is 36.1 Å². The van der Waals surface area contributed by atoms with E-state index < -0.39 is 0 Å². The number of rotatable bonds is 7. The minimum absolute atomic E-state index is 0.211. The molecule has 2 heterocycles. The lowest BCUT2D eigenvalue weighted by Gasteiger charge is -2.22. The number of amides is 1. The maximum Gasteiger partial charge on any atom is 0.272 e. The van der Waals surface area contributed by atoms with Crippen molar-refractivity contribution in [2.45, 2.75) is 26.8 Å². The summed E-state index contributed by atoms with van der Waals surface area (Å²) in [5.41, 5.74) is 6.00. The Morgan fingerprint density at radius 2 is 1.88 bits per heavy atom. The number of carbonyl (C=O) groups excluding carboxylic acids is 1. The number of hydrogen-bond donors (Lipinski definition) is 0. The van der Waals surface area contributed by atoms with E-state index in [1.165, 1.54) is 5.56 Å². The van der Waals surface area contributed by atoms with Crippen molar-refractivity contribution in [1.29, 1.82) is 5.26 Å². The summed E-state index contributed by atoms with van der Waals surface area (Å²) in [5.74, 6) is -0.211. The van der Waals surface area contributed by atoms with Crippen LogP contribution in [-0.2, 0) is 6.54 Å². The topological polar surface area (TPSA) is 74.8 Å². The van der Waals surface area contributed by atoms with E-state index in [4.69, 9.17) is 22.0 Å². The molecule has 0 N–H and O–H groups in total. The quantitative estimate of drug-likeness (QED) is 0.345. The zero-order chi connectivity index (χ0) is 24.1. The van der Waals surface area contributed by atoms with Crippen LogP contribution in [-0.4, -0.2) is 32.1 Å². The van der Waals surface area contributed by atoms with Crippen LogP contribution in [0, 0.1) is 25.2 Å². The number of nitrogens with zero attached hydrogens (tertiary/aromatic N) is 5. The Bertz CT molecular complexity index is 1340. The predicted octanol–water partition coefficient (Wildman–Crippen LogP) is 5.76. The first-order valence-corrected chi connectivity index (χ1v) is 11.3. The highest BCUT2D eigenvalue weighted by Gasteiger charge is 2.23. The molecule has 0 saturated carbocycles. The van der Waals surface area contributed by atoms with Crippen LogP contribution in [0.3, 0.4) is 0 Å². The number of halogens is 1. The summed E-state index contributed by atoms with van der Waals surface area (Å²) >= 11 is 6.09. The van der Waals surface area contributed by atoms with E-state index in [2.05, 4.69) is 37.0 Å². The highest BCUT2D eigenvalue weighted by molar-refractivity contribution is 6.30. The second-order valence-corrected chi connectivity index (χ2v) is 8.53. The third kappa shape index (κ3) is 5.16. The first-order valence-electron chi connectivity index (χ1n) is 10.9. The van der Waals surface area contributed by atoms with E-state index >= 15 is 0 Å². The van der Waals surface area contributed by atoms with Crippen LogP contribution < -0.4 is 0 Å². The van der Waals surface area contributed by atoms with Gasteiger partial charge in [0.2, 0.25) is 0 Å². The number of aromatic nitrogens is 3. The molecule has 1 amide bonds. The molecule has 0 unspecified atom stereocenters. The number of carbonyl (C=O) groups is 1. The van der Waals surface area contributed by atoms with Gasteiger partial charge in [-0.15, -0.1) is 0 Å². The average Bonchev–Trinajstić information content (AvgIpc) is 3.29. The van der Waals surface area contributed by atoms with Crippen molar-refractivity contribution in [3.63, 3.8) is 0 Å². The van der Waals surface area contributed by atoms with Gasteiger partial charge in [-0.2, -0.15) is 10.4 Å². The van der Waals surface area contributed by atoms with Crippen molar-refractivity contribution in [2.24, 2.45) is 0 Å². The van der Waals surface area contributed by atoms with Crippen LogP contribution in [0.2, 0.25) is 5.02 Å². The normalized spacial score (nSPS) is 10.6. The fourth-order valence-corrected chi connectivity index (χ4v) is 3.79. The molecule has 0 radical (unpaired) electrons. The summed E-state index contributed by atoms with van der Waals surface area (Å²) < 4.78 is 1.64. The van der Waals surface area contributed by atoms with Gasteiger partial charge in [0.25, 0.3) is 5.91 Å². The summed E-state index contributed by atoms with van der Waals surface area (Å²) in [6, 6.07) is 21.0. The van der Waals surface area contributed by atoms with Crippen LogP contribution in [0.25, 0.3) is 16.9 Å². The van der Waals surface area contributed by atoms with E-state index in [0.717, 1.165) is 22.4 Å². The number of pyridine rings is 1. The highest BCUT2D eigenvalue weighted by atomic mass is 35.5. The SMILES string of the molecule is Cc1ccc(-c2cc(C(=O)N(CCC#N)Cc3cccnc3)n(-c3ccc(Cl)cc3)n2)cc1C. The first kappa shape index (κ1) is 23.2. The number of aryl methyl sites for hydroxylation is 2. The summed E-state index contributed by atoms with van der Waals surface area (Å²) in [4.78, 5) is 19.6. The second-order valence-electron chi connectivity index (χ2n) is 8.10. The maximum absolute atomic E-state index is 13.8. The molecule has 0 saturated heterocycles. The van der Waals surface area contributed by atoms with Gasteiger partial charge in [-0.25, -0.2) is 4.68 Å². The Morgan fingerprint density at radius 3 is 2.56 bits per heavy atom. The molecule has 4 aromatic rings. The largest absolute Gasteiger partial charge is 0.332 e. The average molecular weight is 470 g/mol. The molecule has 0 aliphatic heterocycles. The molecule has 0 bridgehead atoms. The fourth-order valence-electron chi connectivity index (χ4n) is 3.67. The van der Waals surface area contributed by atoms with Gasteiger partial charge in [0.1, 0.15) is 5.69 Å². The minimum Gasteiger partial charge on any atom is -0.332 e. The van der Waals surface area contributed by atoms with Gasteiger partial charge >= 0.3 is 0 Å². The van der Waals surface area contributed by atoms with Gasteiger partial charge in [-0.3, -0.25) is 9.78 Å². The monoisotopic (exact) mass is 469 g/mol. The van der Waals surface area contributed by atoms with Crippen LogP contribution in [0.4, 0.5) is 0 Å². The maximum atomic E-state index is 13.8. The smallest absolute Gasteiger partial charge is 0.272 e. The molecule has 4 rings (SSSR count). The van der Waals surface area contributed by atoms with Crippen molar-refractivity contribution in [1.82, 2.24) is 19.7 Å². The van der Waals surface area contributed by atoms with Gasteiger partial charge in [-0.05, 0) is 73.0 Å². The third-order valence-corrected chi connectivity index (χ3v) is 5.93. The summed E-state index contributed by atoms with van der Waals surface area (Å²) in [6.07, 6.45) is 3.64. The predicted molar refractivity (Wildman–Crippen MR) is 133 cm³/mol. The van der Waals surface area contributed by atoms with Gasteiger partial charge < -0.3 is 4.90 Å². The molecule has 170 valence electrons. The van der Waals surface area contributed by atoms with Crippen molar-refractivity contribution in [2.75, 3.05) is 6.54 Å². The summed E-state index contributed by atoms with van der Waals surface area (Å²) in [5, 5.41) is 14.6. The Labute approximate surface area is 204 Å². The zero-order valence-corrected chi connectivity index (χ0v) is 19.8. The Morgan fingerprint density at radius 1 is 1.09 bits per heavy atom. The van der Waals surface area contributed by atoms with E-state index in [-0.39, 0.29) is 12.3 Å². The molecule has 0 fully saturated rings. The highest BCUT2D eigenvalue weighted by Crippen LogP contribution is 2.26. The van der Waals surface area contributed by atoms with E-state index in [1.807, 2.05) is 36.4 Å².